The molecule has 2 amide bonds. The molecule has 28 heavy (non-hydrogen) atoms. The van der Waals surface area contributed by atoms with Crippen LogP contribution in [0, 0.1) is 13.8 Å². The van der Waals surface area contributed by atoms with Crippen LogP contribution in [0.25, 0.3) is 0 Å². The Morgan fingerprint density at radius 2 is 1.54 bits per heavy atom. The summed E-state index contributed by atoms with van der Waals surface area (Å²) >= 11 is 4.09. The maximum Gasteiger partial charge on any atom is 0.236 e. The summed E-state index contributed by atoms with van der Waals surface area (Å²) in [6.45, 7) is 3.50. The molecule has 0 aliphatic heterocycles. The minimum absolute atomic E-state index is 0.153. The van der Waals surface area contributed by atoms with Crippen LogP contribution >= 0.6 is 34.9 Å². The van der Waals surface area contributed by atoms with E-state index in [0.717, 1.165) is 4.34 Å². The molecular weight excluding hydrogens is 424 g/mol. The minimum atomic E-state index is -0.206. The molecule has 0 bridgehead atoms. The molecule has 3 heterocycles. The first-order valence-electron chi connectivity index (χ1n) is 8.03. The lowest BCUT2D eigenvalue weighted by Gasteiger charge is -1.99. The molecule has 0 aliphatic rings. The molecule has 3 rings (SSSR count). The van der Waals surface area contributed by atoms with E-state index >= 15 is 0 Å². The smallest absolute Gasteiger partial charge is 0.236 e. The summed E-state index contributed by atoms with van der Waals surface area (Å²) < 4.78 is 11.2. The number of rotatable bonds is 9. The van der Waals surface area contributed by atoms with Gasteiger partial charge in [0.15, 0.2) is 20.3 Å². The maximum atomic E-state index is 11.9. The Hall–Kier alpha value is -2.38. The first-order chi connectivity index (χ1) is 13.5. The van der Waals surface area contributed by atoms with Gasteiger partial charge in [-0.1, -0.05) is 45.2 Å². The van der Waals surface area contributed by atoms with Crippen molar-refractivity contribution in [1.29, 1.82) is 0 Å². The summed E-state index contributed by atoms with van der Waals surface area (Å²) in [5.74, 6) is 2.42. The molecule has 148 valence electrons. The molecule has 0 spiro atoms. The van der Waals surface area contributed by atoms with Crippen molar-refractivity contribution < 1.29 is 18.6 Å². The van der Waals surface area contributed by atoms with E-state index in [1.54, 1.807) is 26.0 Å². The average Bonchev–Trinajstić information content (AvgIpc) is 3.36. The fourth-order valence-electron chi connectivity index (χ4n) is 1.91. The number of anilines is 2. The van der Waals surface area contributed by atoms with Crippen LogP contribution in [-0.2, 0) is 9.59 Å². The fourth-order valence-corrected chi connectivity index (χ4v) is 4.74. The molecule has 0 saturated carbocycles. The standard InChI is InChI=1S/C15H16N6O4S3/c1-8-5-10(20-24-8)16-12(22)3-4-26-14-18-19-15(28-14)27-7-13(23)17-11-6-9(2)25-21-11/h5-6H,3-4,7H2,1-2H3,(H,16,20,22)(H,17,21,23). The largest absolute Gasteiger partial charge is 0.360 e. The molecule has 0 radical (unpaired) electrons. The highest BCUT2D eigenvalue weighted by atomic mass is 32.2. The number of thioether (sulfide) groups is 2. The Bertz CT molecular complexity index is 953. The Kier molecular flexibility index (Phi) is 7.06. The average molecular weight is 441 g/mol. The number of amides is 2. The fraction of sp³-hybridized carbons (Fsp3) is 0.333. The summed E-state index contributed by atoms with van der Waals surface area (Å²) in [4.78, 5) is 23.7. The van der Waals surface area contributed by atoms with E-state index in [4.69, 9.17) is 9.05 Å². The third-order valence-corrected chi connectivity index (χ3v) is 6.25. The summed E-state index contributed by atoms with van der Waals surface area (Å²) in [6.07, 6.45) is 0.304. The SMILES string of the molecule is Cc1cc(NC(=O)CCSc2nnc(SCC(=O)Nc3cc(C)on3)s2)no1. The molecule has 0 atom stereocenters. The van der Waals surface area contributed by atoms with Crippen molar-refractivity contribution in [2.75, 3.05) is 22.1 Å². The first-order valence-corrected chi connectivity index (χ1v) is 10.8. The maximum absolute atomic E-state index is 11.9. The highest BCUT2D eigenvalue weighted by Gasteiger charge is 2.11. The van der Waals surface area contributed by atoms with Crippen LogP contribution in [0.1, 0.15) is 17.9 Å². The first kappa shape index (κ1) is 20.4. The Balaban J connectivity index is 1.35. The van der Waals surface area contributed by atoms with Crippen molar-refractivity contribution in [3.63, 3.8) is 0 Å². The molecule has 0 saturated heterocycles. The molecule has 0 unspecified atom stereocenters. The second-order valence-corrected chi connectivity index (χ2v) is 9.00. The van der Waals surface area contributed by atoms with Gasteiger partial charge in [0.05, 0.1) is 5.75 Å². The molecule has 10 nitrogen and oxygen atoms in total. The summed E-state index contributed by atoms with van der Waals surface area (Å²) in [5.41, 5.74) is 0. The summed E-state index contributed by atoms with van der Waals surface area (Å²) in [6, 6.07) is 3.29. The highest BCUT2D eigenvalue weighted by molar-refractivity contribution is 8.03. The number of aryl methyl sites for hydroxylation is 2. The van der Waals surface area contributed by atoms with E-state index in [1.165, 1.54) is 34.9 Å². The van der Waals surface area contributed by atoms with Gasteiger partial charge in [0.25, 0.3) is 0 Å². The van der Waals surface area contributed by atoms with Gasteiger partial charge in [0.2, 0.25) is 11.8 Å². The number of carbonyl (C=O) groups is 2. The number of hydrogen-bond acceptors (Lipinski definition) is 11. The lowest BCUT2D eigenvalue weighted by atomic mass is 10.4. The molecule has 0 aromatic carbocycles. The van der Waals surface area contributed by atoms with E-state index in [1.807, 2.05) is 0 Å². The van der Waals surface area contributed by atoms with Crippen LogP contribution in [0.15, 0.2) is 29.9 Å². The zero-order chi connectivity index (χ0) is 19.9. The van der Waals surface area contributed by atoms with Crippen LogP contribution in [0.5, 0.6) is 0 Å². The molecule has 3 aromatic heterocycles. The molecule has 3 aromatic rings. The molecular formula is C15H16N6O4S3. The predicted octanol–water partition coefficient (Wildman–Crippen LogP) is 2.98. The van der Waals surface area contributed by atoms with Crippen LogP contribution in [-0.4, -0.2) is 43.8 Å². The Labute approximate surface area is 172 Å². The van der Waals surface area contributed by atoms with E-state index in [0.29, 0.717) is 39.7 Å². The van der Waals surface area contributed by atoms with Gasteiger partial charge in [-0.05, 0) is 13.8 Å². The van der Waals surface area contributed by atoms with Crippen molar-refractivity contribution in [1.82, 2.24) is 20.5 Å². The number of aromatic nitrogens is 4. The number of carbonyl (C=O) groups excluding carboxylic acids is 2. The second-order valence-electron chi connectivity index (χ2n) is 5.46. The van der Waals surface area contributed by atoms with Gasteiger partial charge in [0.1, 0.15) is 11.5 Å². The van der Waals surface area contributed by atoms with Gasteiger partial charge in [-0.2, -0.15) is 0 Å². The van der Waals surface area contributed by atoms with E-state index in [2.05, 4.69) is 31.1 Å². The second kappa shape index (κ2) is 9.71. The molecule has 0 aliphatic carbocycles. The van der Waals surface area contributed by atoms with Gasteiger partial charge in [0, 0.05) is 24.3 Å². The summed E-state index contributed by atoms with van der Waals surface area (Å²) in [5, 5.41) is 20.8. The Morgan fingerprint density at radius 3 is 2.11 bits per heavy atom. The summed E-state index contributed by atoms with van der Waals surface area (Å²) in [7, 11) is 0. The van der Waals surface area contributed by atoms with E-state index in [-0.39, 0.29) is 17.6 Å². The molecule has 13 heteroatoms. The lowest BCUT2D eigenvalue weighted by molar-refractivity contribution is -0.116. The topological polar surface area (TPSA) is 136 Å². The normalized spacial score (nSPS) is 10.8. The van der Waals surface area contributed by atoms with Gasteiger partial charge in [-0.15, -0.1) is 10.2 Å². The third-order valence-electron chi connectivity index (χ3n) is 3.06. The number of nitrogens with zero attached hydrogens (tertiary/aromatic N) is 4. The predicted molar refractivity (Wildman–Crippen MR) is 106 cm³/mol. The monoisotopic (exact) mass is 440 g/mol. The number of hydrogen-bond donors (Lipinski definition) is 2. The zero-order valence-electron chi connectivity index (χ0n) is 14.9. The zero-order valence-corrected chi connectivity index (χ0v) is 17.4. The van der Waals surface area contributed by atoms with Crippen LogP contribution in [0.3, 0.4) is 0 Å². The quantitative estimate of drug-likeness (QED) is 0.478. The van der Waals surface area contributed by atoms with E-state index in [9.17, 15) is 9.59 Å². The molecule has 2 N–H and O–H groups in total. The number of nitrogens with one attached hydrogen (secondary N) is 2. The van der Waals surface area contributed by atoms with Crippen LogP contribution in [0.2, 0.25) is 0 Å². The minimum Gasteiger partial charge on any atom is -0.360 e. The van der Waals surface area contributed by atoms with Crippen molar-refractivity contribution in [2.45, 2.75) is 28.9 Å². The van der Waals surface area contributed by atoms with Gasteiger partial charge < -0.3 is 19.7 Å². The van der Waals surface area contributed by atoms with E-state index < -0.39 is 0 Å². The van der Waals surface area contributed by atoms with Crippen molar-refractivity contribution in [3.05, 3.63) is 23.7 Å². The van der Waals surface area contributed by atoms with Crippen molar-refractivity contribution in [3.8, 4) is 0 Å². The Morgan fingerprint density at radius 1 is 0.964 bits per heavy atom. The lowest BCUT2D eigenvalue weighted by Crippen LogP contribution is -2.14. The highest BCUT2D eigenvalue weighted by Crippen LogP contribution is 2.29. The van der Waals surface area contributed by atoms with Crippen LogP contribution < -0.4 is 10.6 Å². The third kappa shape index (κ3) is 6.35. The van der Waals surface area contributed by atoms with Gasteiger partial charge in [-0.25, -0.2) is 0 Å². The molecule has 0 fully saturated rings. The van der Waals surface area contributed by atoms with Crippen molar-refractivity contribution in [2.24, 2.45) is 0 Å². The van der Waals surface area contributed by atoms with Crippen molar-refractivity contribution >= 4 is 58.3 Å². The van der Waals surface area contributed by atoms with Gasteiger partial charge >= 0.3 is 0 Å². The van der Waals surface area contributed by atoms with Crippen LogP contribution in [0.4, 0.5) is 11.6 Å². The van der Waals surface area contributed by atoms with Gasteiger partial charge in [-0.3, -0.25) is 9.59 Å².